The van der Waals surface area contributed by atoms with Crippen LogP contribution in [-0.4, -0.2) is 37.6 Å². The Hall–Kier alpha value is -1.32. The fourth-order valence-electron chi connectivity index (χ4n) is 4.34. The van der Waals surface area contributed by atoms with Gasteiger partial charge < -0.3 is 22.2 Å². The van der Waals surface area contributed by atoms with Crippen LogP contribution in [0.1, 0.15) is 109 Å². The molecule has 0 aromatic heterocycles. The first-order valence-corrected chi connectivity index (χ1v) is 13.8. The number of rotatable bonds is 21. The van der Waals surface area contributed by atoms with E-state index >= 15 is 0 Å². The Bertz CT molecular complexity index is 615. The van der Waals surface area contributed by atoms with Crippen molar-refractivity contribution in [3.05, 3.63) is 48.0 Å². The highest BCUT2D eigenvalue weighted by Gasteiger charge is 2.15. The van der Waals surface area contributed by atoms with Gasteiger partial charge in [-0.3, -0.25) is 4.79 Å². The third-order valence-electron chi connectivity index (χ3n) is 6.38. The summed E-state index contributed by atoms with van der Waals surface area (Å²) < 4.78 is 0.952. The summed E-state index contributed by atoms with van der Waals surface area (Å²) in [7, 11) is 4.53. The molecule has 0 saturated heterocycles. The molecule has 196 valence electrons. The number of carbonyl (C=O) groups excluding carboxylic acids is 1. The van der Waals surface area contributed by atoms with Crippen molar-refractivity contribution < 1.29 is 21.7 Å². The fourth-order valence-corrected chi connectivity index (χ4v) is 4.34. The molecule has 0 spiro atoms. The van der Waals surface area contributed by atoms with Gasteiger partial charge in [0.15, 0.2) is 0 Å². The van der Waals surface area contributed by atoms with Gasteiger partial charge in [0, 0.05) is 24.9 Å². The number of nitrogens with zero attached hydrogens (tertiary/aromatic N) is 1. The minimum Gasteiger partial charge on any atom is -1.00 e. The fraction of sp³-hybridized carbons (Fsp3) is 0.700. The number of hydrogen-bond acceptors (Lipinski definition) is 1. The molecule has 0 bridgehead atoms. The average molecular weight is 493 g/mol. The highest BCUT2D eigenvalue weighted by molar-refractivity contribution is 5.75. The Balaban J connectivity index is 0.0000109. The van der Waals surface area contributed by atoms with E-state index in [4.69, 9.17) is 0 Å². The molecule has 1 amide bonds. The molecule has 0 aliphatic heterocycles. The Morgan fingerprint density at radius 1 is 0.794 bits per heavy atom. The van der Waals surface area contributed by atoms with Crippen molar-refractivity contribution in [2.75, 3.05) is 27.2 Å². The first-order valence-electron chi connectivity index (χ1n) is 13.8. The van der Waals surface area contributed by atoms with Crippen LogP contribution >= 0.6 is 0 Å². The van der Waals surface area contributed by atoms with E-state index < -0.39 is 0 Å². The lowest BCUT2D eigenvalue weighted by molar-refractivity contribution is -0.903. The van der Waals surface area contributed by atoms with Crippen LogP contribution in [-0.2, 0) is 11.3 Å². The zero-order valence-electron chi connectivity index (χ0n) is 22.5. The Kier molecular flexibility index (Phi) is 21.3. The van der Waals surface area contributed by atoms with E-state index in [1.165, 1.54) is 82.6 Å². The van der Waals surface area contributed by atoms with Crippen LogP contribution in [0.3, 0.4) is 0 Å². The Morgan fingerprint density at radius 2 is 1.35 bits per heavy atom. The molecule has 1 aromatic carbocycles. The van der Waals surface area contributed by atoms with Crippen molar-refractivity contribution in [3.8, 4) is 0 Å². The summed E-state index contributed by atoms with van der Waals surface area (Å²) in [6, 6.07) is 10.6. The number of quaternary nitrogens is 1. The number of benzene rings is 1. The highest BCUT2D eigenvalue weighted by Crippen LogP contribution is 2.11. The molecule has 3 nitrogen and oxygen atoms in total. The topological polar surface area (TPSA) is 29.1 Å². The molecule has 0 aliphatic carbocycles. The lowest BCUT2D eigenvalue weighted by atomic mass is 10.1. The number of halogens is 1. The van der Waals surface area contributed by atoms with Crippen LogP contribution in [0.15, 0.2) is 42.5 Å². The molecule has 0 heterocycles. The second-order valence-corrected chi connectivity index (χ2v) is 10.3. The van der Waals surface area contributed by atoms with E-state index in [2.05, 4.69) is 68.8 Å². The van der Waals surface area contributed by atoms with E-state index in [1.807, 2.05) is 0 Å². The third kappa shape index (κ3) is 20.1. The Labute approximate surface area is 217 Å². The molecule has 1 N–H and O–H groups in total. The molecule has 0 aliphatic rings. The second-order valence-electron chi connectivity index (χ2n) is 10.3. The maximum atomic E-state index is 12.1. The minimum atomic E-state index is 0. The van der Waals surface area contributed by atoms with Crippen molar-refractivity contribution >= 4 is 5.91 Å². The van der Waals surface area contributed by atoms with Gasteiger partial charge in [-0.1, -0.05) is 101 Å². The van der Waals surface area contributed by atoms with Gasteiger partial charge in [-0.25, -0.2) is 0 Å². The molecule has 1 aromatic rings. The van der Waals surface area contributed by atoms with Gasteiger partial charge in [0.05, 0.1) is 20.6 Å². The van der Waals surface area contributed by atoms with Gasteiger partial charge >= 0.3 is 0 Å². The minimum absolute atomic E-state index is 0. The van der Waals surface area contributed by atoms with Gasteiger partial charge in [-0.15, -0.1) is 0 Å². The molecule has 0 unspecified atom stereocenters. The number of amides is 1. The normalized spacial score (nSPS) is 11.5. The Morgan fingerprint density at radius 3 is 1.97 bits per heavy atom. The van der Waals surface area contributed by atoms with Gasteiger partial charge in [-0.05, 0) is 32.1 Å². The number of carbonyl (C=O) groups is 1. The van der Waals surface area contributed by atoms with E-state index in [0.717, 1.165) is 37.0 Å². The quantitative estimate of drug-likeness (QED) is 0.149. The lowest BCUT2D eigenvalue weighted by Crippen LogP contribution is -3.00. The summed E-state index contributed by atoms with van der Waals surface area (Å²) in [6.45, 7) is 5.17. The summed E-state index contributed by atoms with van der Waals surface area (Å²) in [5.74, 6) is 0.223. The average Bonchev–Trinajstić information content (AvgIpc) is 2.79. The van der Waals surface area contributed by atoms with Crippen molar-refractivity contribution in [1.82, 2.24) is 5.32 Å². The maximum absolute atomic E-state index is 12.1. The SMILES string of the molecule is CCCCCCCCC=CCCCCCCCC(=O)NCCC[N+](C)(C)Cc1ccccc1.[Cl-]. The number of nitrogens with one attached hydrogen (secondary N) is 1. The van der Waals surface area contributed by atoms with E-state index in [-0.39, 0.29) is 18.3 Å². The summed E-state index contributed by atoms with van der Waals surface area (Å²) in [4.78, 5) is 12.1. The van der Waals surface area contributed by atoms with Crippen molar-refractivity contribution in [3.63, 3.8) is 0 Å². The molecular weight excluding hydrogens is 440 g/mol. The molecule has 34 heavy (non-hydrogen) atoms. The number of unbranched alkanes of at least 4 members (excludes halogenated alkanes) is 11. The second kappa shape index (κ2) is 22.2. The number of hydrogen-bond donors (Lipinski definition) is 1. The largest absolute Gasteiger partial charge is 1.00 e. The van der Waals surface area contributed by atoms with Crippen molar-refractivity contribution in [1.29, 1.82) is 0 Å². The zero-order chi connectivity index (χ0) is 24.0. The van der Waals surface area contributed by atoms with Crippen LogP contribution < -0.4 is 17.7 Å². The summed E-state index contributed by atoms with van der Waals surface area (Å²) >= 11 is 0. The van der Waals surface area contributed by atoms with Crippen LogP contribution in [0.4, 0.5) is 0 Å². The van der Waals surface area contributed by atoms with Crippen molar-refractivity contribution in [2.24, 2.45) is 0 Å². The van der Waals surface area contributed by atoms with Gasteiger partial charge in [-0.2, -0.15) is 0 Å². The molecule has 0 fully saturated rings. The van der Waals surface area contributed by atoms with Gasteiger partial charge in [0.2, 0.25) is 5.91 Å². The molecule has 0 radical (unpaired) electrons. The first-order chi connectivity index (χ1) is 16.0. The van der Waals surface area contributed by atoms with Crippen LogP contribution in [0.5, 0.6) is 0 Å². The maximum Gasteiger partial charge on any atom is 0.219 e. The zero-order valence-corrected chi connectivity index (χ0v) is 23.3. The van der Waals surface area contributed by atoms with E-state index in [0.29, 0.717) is 6.42 Å². The molecule has 0 saturated carbocycles. The van der Waals surface area contributed by atoms with Gasteiger partial charge in [0.25, 0.3) is 0 Å². The summed E-state index contributed by atoms with van der Waals surface area (Å²) in [5.41, 5.74) is 1.37. The van der Waals surface area contributed by atoms with E-state index in [9.17, 15) is 4.79 Å². The lowest BCUT2D eigenvalue weighted by Gasteiger charge is -2.30. The predicted octanol–water partition coefficient (Wildman–Crippen LogP) is 4.81. The first kappa shape index (κ1) is 32.7. The summed E-state index contributed by atoms with van der Waals surface area (Å²) in [6.07, 6.45) is 23.3. The monoisotopic (exact) mass is 492 g/mol. The standard InChI is InChI=1S/C30H52N2O.ClH/c1-4-5-6-7-8-9-10-11-12-13-14-15-16-17-21-25-30(33)31-26-22-27-32(2,3)28-29-23-19-18-20-24-29;/h11-12,18-20,23-24H,4-10,13-17,21-22,25-28H2,1-3H3;1H. The number of allylic oxidation sites excluding steroid dienone is 2. The molecular formula is C30H53ClN2O. The highest BCUT2D eigenvalue weighted by atomic mass is 35.5. The van der Waals surface area contributed by atoms with Crippen molar-refractivity contribution in [2.45, 2.75) is 110 Å². The van der Waals surface area contributed by atoms with Gasteiger partial charge in [0.1, 0.15) is 6.54 Å². The molecule has 0 atom stereocenters. The van der Waals surface area contributed by atoms with Crippen LogP contribution in [0, 0.1) is 0 Å². The van der Waals surface area contributed by atoms with Crippen LogP contribution in [0.2, 0.25) is 0 Å². The third-order valence-corrected chi connectivity index (χ3v) is 6.38. The van der Waals surface area contributed by atoms with E-state index in [1.54, 1.807) is 0 Å². The summed E-state index contributed by atoms with van der Waals surface area (Å²) in [5, 5.41) is 3.11. The smallest absolute Gasteiger partial charge is 0.219 e. The van der Waals surface area contributed by atoms with Crippen LogP contribution in [0.25, 0.3) is 0 Å². The predicted molar refractivity (Wildman–Crippen MR) is 144 cm³/mol. The molecule has 4 heteroatoms. The molecule has 1 rings (SSSR count).